The lowest BCUT2D eigenvalue weighted by molar-refractivity contribution is 0.0955. The van der Waals surface area contributed by atoms with E-state index in [1.807, 2.05) is 11.4 Å². The number of aliphatic hydroxyl groups excluding tert-OH is 1. The van der Waals surface area contributed by atoms with E-state index in [-0.39, 0.29) is 12.5 Å². The van der Waals surface area contributed by atoms with E-state index in [0.29, 0.717) is 11.4 Å². The molecule has 17 heavy (non-hydrogen) atoms. The molecule has 0 aliphatic carbocycles. The maximum absolute atomic E-state index is 11.5. The summed E-state index contributed by atoms with van der Waals surface area (Å²) in [5.41, 5.74) is 3.14. The fourth-order valence-corrected chi connectivity index (χ4v) is 2.43. The van der Waals surface area contributed by atoms with E-state index in [4.69, 9.17) is 10.9 Å². The molecule has 0 atom stereocenters. The summed E-state index contributed by atoms with van der Waals surface area (Å²) in [4.78, 5) is 14.3. The number of hydrazine groups is 1. The Morgan fingerprint density at radius 3 is 3.00 bits per heavy atom. The molecule has 96 valence electrons. The summed E-state index contributed by atoms with van der Waals surface area (Å²) in [7, 11) is 0. The number of carbonyl (C=O) groups excluding carboxylic acids is 1. The third-order valence-electron chi connectivity index (χ3n) is 2.56. The van der Waals surface area contributed by atoms with Crippen LogP contribution >= 0.6 is 11.3 Å². The summed E-state index contributed by atoms with van der Waals surface area (Å²) >= 11 is 1.39. The number of amides is 1. The van der Waals surface area contributed by atoms with E-state index in [1.54, 1.807) is 0 Å². The number of carbonyl (C=O) groups is 1. The van der Waals surface area contributed by atoms with Crippen LogP contribution < -0.4 is 11.3 Å². The summed E-state index contributed by atoms with van der Waals surface area (Å²) in [5.74, 6) is 4.89. The summed E-state index contributed by atoms with van der Waals surface area (Å²) in [5, 5.41) is 10.7. The fraction of sp³-hybridized carbons (Fsp3) is 0.545. The lowest BCUT2D eigenvalue weighted by Gasteiger charge is -2.19. The van der Waals surface area contributed by atoms with Crippen LogP contribution in [0.4, 0.5) is 0 Å². The van der Waals surface area contributed by atoms with Crippen LogP contribution in [0.3, 0.4) is 0 Å². The average molecular weight is 257 g/mol. The minimum absolute atomic E-state index is 0.191. The van der Waals surface area contributed by atoms with Crippen LogP contribution in [0.25, 0.3) is 0 Å². The standard InChI is InChI=1S/C11H19N3O2S/c1-2-14(5-3-6-15)8-9-4-7-17-10(9)11(16)13-12/h4,7,15H,2-3,5-6,8,12H2,1H3,(H,13,16). The van der Waals surface area contributed by atoms with Gasteiger partial charge in [0.25, 0.3) is 5.91 Å². The minimum atomic E-state index is -0.242. The van der Waals surface area contributed by atoms with Gasteiger partial charge in [-0.15, -0.1) is 11.3 Å². The zero-order chi connectivity index (χ0) is 12.7. The van der Waals surface area contributed by atoms with Gasteiger partial charge in [-0.3, -0.25) is 15.1 Å². The molecule has 0 saturated carbocycles. The maximum atomic E-state index is 11.5. The van der Waals surface area contributed by atoms with Gasteiger partial charge in [0, 0.05) is 19.7 Å². The van der Waals surface area contributed by atoms with Crippen LogP contribution in [0.2, 0.25) is 0 Å². The van der Waals surface area contributed by atoms with E-state index in [2.05, 4.69) is 17.2 Å². The van der Waals surface area contributed by atoms with Gasteiger partial charge >= 0.3 is 0 Å². The molecule has 6 heteroatoms. The lowest BCUT2D eigenvalue weighted by atomic mass is 10.2. The van der Waals surface area contributed by atoms with Crippen LogP contribution in [0.1, 0.15) is 28.6 Å². The Hall–Kier alpha value is -0.950. The smallest absolute Gasteiger partial charge is 0.275 e. The van der Waals surface area contributed by atoms with Gasteiger partial charge in [0.1, 0.15) is 0 Å². The van der Waals surface area contributed by atoms with Gasteiger partial charge in [-0.2, -0.15) is 0 Å². The van der Waals surface area contributed by atoms with Crippen molar-refractivity contribution in [3.05, 3.63) is 21.9 Å². The molecule has 1 rings (SSSR count). The van der Waals surface area contributed by atoms with Crippen molar-refractivity contribution in [2.75, 3.05) is 19.7 Å². The molecule has 1 amide bonds. The van der Waals surface area contributed by atoms with Crippen molar-refractivity contribution >= 4 is 17.2 Å². The normalized spacial score (nSPS) is 10.8. The second-order valence-electron chi connectivity index (χ2n) is 3.69. The highest BCUT2D eigenvalue weighted by Crippen LogP contribution is 2.18. The first kappa shape index (κ1) is 14.1. The number of nitrogens with one attached hydrogen (secondary N) is 1. The molecule has 0 radical (unpaired) electrons. The largest absolute Gasteiger partial charge is 0.396 e. The van der Waals surface area contributed by atoms with E-state index in [0.717, 1.165) is 25.1 Å². The number of thiophene rings is 1. The van der Waals surface area contributed by atoms with Crippen molar-refractivity contribution in [1.29, 1.82) is 0 Å². The Kier molecular flexibility index (Phi) is 6.13. The summed E-state index contributed by atoms with van der Waals surface area (Å²) in [6.45, 7) is 4.68. The second-order valence-corrected chi connectivity index (χ2v) is 4.61. The van der Waals surface area contributed by atoms with E-state index >= 15 is 0 Å². The van der Waals surface area contributed by atoms with E-state index in [9.17, 15) is 4.79 Å². The summed E-state index contributed by atoms with van der Waals surface area (Å²) in [6.07, 6.45) is 0.746. The molecule has 5 nitrogen and oxygen atoms in total. The van der Waals surface area contributed by atoms with Gasteiger partial charge in [-0.05, 0) is 30.0 Å². The molecule has 1 aromatic rings. The number of rotatable bonds is 7. The van der Waals surface area contributed by atoms with Gasteiger partial charge in [-0.1, -0.05) is 6.92 Å². The number of hydrogen-bond acceptors (Lipinski definition) is 5. The van der Waals surface area contributed by atoms with Gasteiger partial charge in [-0.25, -0.2) is 5.84 Å². The lowest BCUT2D eigenvalue weighted by Crippen LogP contribution is -2.31. The molecule has 0 aliphatic rings. The van der Waals surface area contributed by atoms with Crippen molar-refractivity contribution in [2.45, 2.75) is 19.9 Å². The first-order chi connectivity index (χ1) is 8.22. The third kappa shape index (κ3) is 4.08. The number of aliphatic hydroxyl groups is 1. The van der Waals surface area contributed by atoms with Crippen LogP contribution in [0.5, 0.6) is 0 Å². The zero-order valence-corrected chi connectivity index (χ0v) is 10.8. The molecule has 0 aromatic carbocycles. The Bertz CT molecular complexity index is 354. The number of nitrogens with two attached hydrogens (primary N) is 1. The molecule has 0 fully saturated rings. The number of nitrogen functional groups attached to an aromatic ring is 1. The first-order valence-corrected chi connectivity index (χ1v) is 6.51. The van der Waals surface area contributed by atoms with Gasteiger partial charge < -0.3 is 5.11 Å². The first-order valence-electron chi connectivity index (χ1n) is 5.63. The van der Waals surface area contributed by atoms with Crippen molar-refractivity contribution in [2.24, 2.45) is 5.84 Å². The average Bonchev–Trinajstić information content (AvgIpc) is 2.81. The maximum Gasteiger partial charge on any atom is 0.275 e. The minimum Gasteiger partial charge on any atom is -0.396 e. The topological polar surface area (TPSA) is 78.6 Å². The molecule has 0 spiro atoms. The molecule has 1 heterocycles. The van der Waals surface area contributed by atoms with Crippen molar-refractivity contribution in [3.8, 4) is 0 Å². The quantitative estimate of drug-likeness (QED) is 0.379. The molecule has 0 saturated heterocycles. The Labute approximate surface area is 105 Å². The van der Waals surface area contributed by atoms with Crippen LogP contribution in [-0.4, -0.2) is 35.6 Å². The number of nitrogens with zero attached hydrogens (tertiary/aromatic N) is 1. The van der Waals surface area contributed by atoms with Crippen LogP contribution in [-0.2, 0) is 6.54 Å². The fourth-order valence-electron chi connectivity index (χ4n) is 1.61. The van der Waals surface area contributed by atoms with E-state index < -0.39 is 0 Å². The second kappa shape index (κ2) is 7.39. The highest BCUT2D eigenvalue weighted by Gasteiger charge is 2.14. The molecule has 0 unspecified atom stereocenters. The monoisotopic (exact) mass is 257 g/mol. The molecular formula is C11H19N3O2S. The highest BCUT2D eigenvalue weighted by molar-refractivity contribution is 7.12. The number of hydrogen-bond donors (Lipinski definition) is 3. The molecule has 0 aliphatic heterocycles. The molecule has 4 N–H and O–H groups in total. The Balaban J connectivity index is 2.66. The van der Waals surface area contributed by atoms with Gasteiger partial charge in [0.15, 0.2) is 0 Å². The third-order valence-corrected chi connectivity index (χ3v) is 3.51. The van der Waals surface area contributed by atoms with Crippen LogP contribution in [0.15, 0.2) is 11.4 Å². The van der Waals surface area contributed by atoms with Crippen molar-refractivity contribution < 1.29 is 9.90 Å². The van der Waals surface area contributed by atoms with Crippen molar-refractivity contribution in [3.63, 3.8) is 0 Å². The van der Waals surface area contributed by atoms with Crippen LogP contribution in [0, 0.1) is 0 Å². The Morgan fingerprint density at radius 1 is 1.65 bits per heavy atom. The Morgan fingerprint density at radius 2 is 2.41 bits per heavy atom. The summed E-state index contributed by atoms with van der Waals surface area (Å²) < 4.78 is 0. The highest BCUT2D eigenvalue weighted by atomic mass is 32.1. The molecule has 1 aromatic heterocycles. The van der Waals surface area contributed by atoms with Crippen molar-refractivity contribution in [1.82, 2.24) is 10.3 Å². The predicted octanol–water partition coefficient (Wildman–Crippen LogP) is 0.556. The predicted molar refractivity (Wildman–Crippen MR) is 68.6 cm³/mol. The molecule has 0 bridgehead atoms. The SMILES string of the molecule is CCN(CCCO)Cc1ccsc1C(=O)NN. The van der Waals surface area contributed by atoms with Gasteiger partial charge in [0.2, 0.25) is 0 Å². The zero-order valence-electron chi connectivity index (χ0n) is 9.98. The summed E-state index contributed by atoms with van der Waals surface area (Å²) in [6, 6.07) is 1.94. The molecular weight excluding hydrogens is 238 g/mol. The van der Waals surface area contributed by atoms with E-state index in [1.165, 1.54) is 11.3 Å². The van der Waals surface area contributed by atoms with Gasteiger partial charge in [0.05, 0.1) is 4.88 Å².